The van der Waals surface area contributed by atoms with Crippen LogP contribution >= 0.6 is 27.5 Å². The topological polar surface area (TPSA) is 41.4 Å². The number of carbonyl (C=O) groups is 1. The van der Waals surface area contributed by atoms with E-state index in [-0.39, 0.29) is 11.9 Å². The van der Waals surface area contributed by atoms with Crippen LogP contribution in [0.5, 0.6) is 0 Å². The molecule has 1 aromatic heterocycles. The number of benzene rings is 1. The molecule has 2 aromatic rings. The standard InChI is InChI=1S/C18H22BrClN4O/c1-13-17(19)12-24(21-13)14(2)18(25)23-8-6-22(7-9-23)11-15-4-3-5-16(20)10-15/h3-5,10,12,14H,6-9,11H2,1-2H3. The van der Waals surface area contributed by atoms with Crippen LogP contribution in [0.25, 0.3) is 0 Å². The molecular formula is C18H22BrClN4O. The van der Waals surface area contributed by atoms with Gasteiger partial charge in [0.1, 0.15) is 6.04 Å². The van der Waals surface area contributed by atoms with Gasteiger partial charge < -0.3 is 4.90 Å². The second-order valence-electron chi connectivity index (χ2n) is 6.45. The molecule has 0 saturated carbocycles. The van der Waals surface area contributed by atoms with Gasteiger partial charge in [-0.2, -0.15) is 5.10 Å². The van der Waals surface area contributed by atoms with Crippen molar-refractivity contribution in [1.82, 2.24) is 19.6 Å². The van der Waals surface area contributed by atoms with Crippen LogP contribution in [0.15, 0.2) is 34.9 Å². The van der Waals surface area contributed by atoms with Crippen LogP contribution in [-0.2, 0) is 11.3 Å². The fourth-order valence-corrected chi connectivity index (χ4v) is 3.56. The second kappa shape index (κ2) is 7.89. The summed E-state index contributed by atoms with van der Waals surface area (Å²) in [5.74, 6) is 0.123. The van der Waals surface area contributed by atoms with Gasteiger partial charge in [0.2, 0.25) is 5.91 Å². The van der Waals surface area contributed by atoms with Gasteiger partial charge >= 0.3 is 0 Å². The van der Waals surface area contributed by atoms with Crippen LogP contribution < -0.4 is 0 Å². The lowest BCUT2D eigenvalue weighted by Gasteiger charge is -2.36. The van der Waals surface area contributed by atoms with Crippen LogP contribution in [0.3, 0.4) is 0 Å². The van der Waals surface area contributed by atoms with Gasteiger partial charge in [0.25, 0.3) is 0 Å². The van der Waals surface area contributed by atoms with Crippen LogP contribution in [-0.4, -0.2) is 51.7 Å². The van der Waals surface area contributed by atoms with Crippen molar-refractivity contribution in [2.75, 3.05) is 26.2 Å². The Hall–Kier alpha value is -1.37. The van der Waals surface area contributed by atoms with E-state index in [0.29, 0.717) is 0 Å². The number of aryl methyl sites for hydroxylation is 1. The summed E-state index contributed by atoms with van der Waals surface area (Å²) in [5.41, 5.74) is 2.10. The zero-order chi connectivity index (χ0) is 18.0. The molecule has 7 heteroatoms. The van der Waals surface area contributed by atoms with Gasteiger partial charge in [0.15, 0.2) is 0 Å². The lowest BCUT2D eigenvalue weighted by atomic mass is 10.2. The van der Waals surface area contributed by atoms with Crippen LogP contribution in [0, 0.1) is 6.92 Å². The van der Waals surface area contributed by atoms with E-state index in [4.69, 9.17) is 11.6 Å². The maximum absolute atomic E-state index is 12.7. The number of aromatic nitrogens is 2. The first-order valence-corrected chi connectivity index (χ1v) is 9.58. The van der Waals surface area contributed by atoms with Crippen LogP contribution in [0.4, 0.5) is 0 Å². The summed E-state index contributed by atoms with van der Waals surface area (Å²) < 4.78 is 2.67. The van der Waals surface area contributed by atoms with E-state index in [1.165, 1.54) is 5.56 Å². The highest BCUT2D eigenvalue weighted by Gasteiger charge is 2.26. The van der Waals surface area contributed by atoms with Gasteiger partial charge in [-0.3, -0.25) is 14.4 Å². The largest absolute Gasteiger partial charge is 0.338 e. The highest BCUT2D eigenvalue weighted by atomic mass is 79.9. The number of hydrogen-bond acceptors (Lipinski definition) is 3. The molecule has 1 aliphatic heterocycles. The molecule has 1 atom stereocenters. The fraction of sp³-hybridized carbons (Fsp3) is 0.444. The summed E-state index contributed by atoms with van der Waals surface area (Å²) in [7, 11) is 0. The first-order valence-electron chi connectivity index (χ1n) is 8.41. The van der Waals surface area contributed by atoms with Gasteiger partial charge in [0.05, 0.1) is 10.2 Å². The molecule has 1 amide bonds. The van der Waals surface area contributed by atoms with E-state index in [9.17, 15) is 4.79 Å². The van der Waals surface area contributed by atoms with Crippen molar-refractivity contribution in [2.45, 2.75) is 26.4 Å². The van der Waals surface area contributed by atoms with Crippen molar-refractivity contribution in [3.8, 4) is 0 Å². The molecule has 1 aliphatic rings. The SMILES string of the molecule is Cc1nn(C(C)C(=O)N2CCN(Cc3cccc(Cl)c3)CC2)cc1Br. The molecule has 0 N–H and O–H groups in total. The Balaban J connectivity index is 1.55. The maximum Gasteiger partial charge on any atom is 0.247 e. The van der Waals surface area contributed by atoms with E-state index in [0.717, 1.165) is 47.9 Å². The minimum Gasteiger partial charge on any atom is -0.338 e. The minimum absolute atomic E-state index is 0.123. The Morgan fingerprint density at radius 2 is 2.04 bits per heavy atom. The Kier molecular flexibility index (Phi) is 5.81. The number of hydrogen-bond donors (Lipinski definition) is 0. The summed E-state index contributed by atoms with van der Waals surface area (Å²) in [6.07, 6.45) is 1.87. The number of nitrogens with zero attached hydrogens (tertiary/aromatic N) is 4. The molecular weight excluding hydrogens is 404 g/mol. The summed E-state index contributed by atoms with van der Waals surface area (Å²) in [4.78, 5) is 17.0. The van der Waals surface area contributed by atoms with Gasteiger partial charge in [-0.05, 0) is 47.5 Å². The van der Waals surface area contributed by atoms with Crippen molar-refractivity contribution >= 4 is 33.4 Å². The summed E-state index contributed by atoms with van der Waals surface area (Å²) in [6, 6.07) is 7.66. The molecule has 0 aliphatic carbocycles. The number of amides is 1. The van der Waals surface area contributed by atoms with Crippen molar-refractivity contribution in [3.05, 3.63) is 51.2 Å². The Labute approximate surface area is 161 Å². The minimum atomic E-state index is -0.288. The quantitative estimate of drug-likeness (QED) is 0.753. The Morgan fingerprint density at radius 3 is 2.64 bits per heavy atom. The molecule has 1 saturated heterocycles. The average molecular weight is 426 g/mol. The number of carbonyl (C=O) groups excluding carboxylic acids is 1. The maximum atomic E-state index is 12.7. The molecule has 5 nitrogen and oxygen atoms in total. The lowest BCUT2D eigenvalue weighted by molar-refractivity contribution is -0.136. The van der Waals surface area contributed by atoms with E-state index in [2.05, 4.69) is 32.0 Å². The molecule has 3 rings (SSSR count). The molecule has 2 heterocycles. The molecule has 0 spiro atoms. The first-order chi connectivity index (χ1) is 11.9. The zero-order valence-electron chi connectivity index (χ0n) is 14.5. The summed E-state index contributed by atoms with van der Waals surface area (Å²) >= 11 is 9.50. The predicted octanol–water partition coefficient (Wildman–Crippen LogP) is 3.51. The van der Waals surface area contributed by atoms with Crippen molar-refractivity contribution in [2.24, 2.45) is 0 Å². The summed E-state index contributed by atoms with van der Waals surface area (Å²) in [6.45, 7) is 7.91. The van der Waals surface area contributed by atoms with E-state index >= 15 is 0 Å². The molecule has 1 aromatic carbocycles. The highest BCUT2D eigenvalue weighted by molar-refractivity contribution is 9.10. The lowest BCUT2D eigenvalue weighted by Crippen LogP contribution is -2.49. The van der Waals surface area contributed by atoms with E-state index in [1.54, 1.807) is 4.68 Å². The fourth-order valence-electron chi connectivity index (χ4n) is 3.06. The van der Waals surface area contributed by atoms with Gasteiger partial charge in [-0.1, -0.05) is 23.7 Å². The Bertz CT molecular complexity index is 736. The smallest absolute Gasteiger partial charge is 0.247 e. The molecule has 0 bridgehead atoms. The van der Waals surface area contributed by atoms with Crippen LogP contribution in [0.2, 0.25) is 5.02 Å². The molecule has 1 unspecified atom stereocenters. The van der Waals surface area contributed by atoms with Gasteiger partial charge in [0, 0.05) is 43.9 Å². The molecule has 1 fully saturated rings. The molecule has 25 heavy (non-hydrogen) atoms. The number of rotatable bonds is 4. The zero-order valence-corrected chi connectivity index (χ0v) is 16.8. The number of halogens is 2. The average Bonchev–Trinajstić information content (AvgIpc) is 2.93. The van der Waals surface area contributed by atoms with Crippen LogP contribution in [0.1, 0.15) is 24.2 Å². The van der Waals surface area contributed by atoms with Crippen molar-refractivity contribution in [1.29, 1.82) is 0 Å². The third-order valence-corrected chi connectivity index (χ3v) is 5.60. The predicted molar refractivity (Wildman–Crippen MR) is 103 cm³/mol. The Morgan fingerprint density at radius 1 is 1.32 bits per heavy atom. The third kappa shape index (κ3) is 4.43. The normalized spacial score (nSPS) is 16.9. The van der Waals surface area contributed by atoms with Crippen molar-refractivity contribution < 1.29 is 4.79 Å². The third-order valence-electron chi connectivity index (χ3n) is 4.59. The van der Waals surface area contributed by atoms with Gasteiger partial charge in [-0.25, -0.2) is 0 Å². The number of piperazine rings is 1. The van der Waals surface area contributed by atoms with Gasteiger partial charge in [-0.15, -0.1) is 0 Å². The van der Waals surface area contributed by atoms with E-state index < -0.39 is 0 Å². The van der Waals surface area contributed by atoms with E-state index in [1.807, 2.05) is 43.1 Å². The van der Waals surface area contributed by atoms with Crippen molar-refractivity contribution in [3.63, 3.8) is 0 Å². The second-order valence-corrected chi connectivity index (χ2v) is 7.74. The highest BCUT2D eigenvalue weighted by Crippen LogP contribution is 2.19. The summed E-state index contributed by atoms with van der Waals surface area (Å²) in [5, 5.41) is 5.17. The monoisotopic (exact) mass is 424 g/mol. The molecule has 134 valence electrons. The first kappa shape index (κ1) is 18.4. The molecule has 0 radical (unpaired) electrons.